The molecule has 2 rings (SSSR count). The fourth-order valence-corrected chi connectivity index (χ4v) is 2.71. The number of ether oxygens (including phenoxy) is 2. The highest BCUT2D eigenvalue weighted by atomic mass is 79.9. The Bertz CT molecular complexity index is 679. The van der Waals surface area contributed by atoms with Crippen molar-refractivity contribution < 1.29 is 9.47 Å². The van der Waals surface area contributed by atoms with E-state index in [1.165, 1.54) is 11.1 Å². The zero-order valence-electron chi connectivity index (χ0n) is 13.1. The molecular weight excluding hydrogens is 354 g/mol. The van der Waals surface area contributed by atoms with Crippen LogP contribution in [0.25, 0.3) is 0 Å². The number of rotatable bonds is 8. The highest BCUT2D eigenvalue weighted by Gasteiger charge is 2.06. The minimum atomic E-state index is 0.269. The predicted molar refractivity (Wildman–Crippen MR) is 96.2 cm³/mol. The molecule has 0 aliphatic carbocycles. The quantitative estimate of drug-likeness (QED) is 0.711. The number of terminal acetylenes is 1. The lowest BCUT2D eigenvalue weighted by Crippen LogP contribution is -2.15. The summed E-state index contributed by atoms with van der Waals surface area (Å²) in [5.41, 5.74) is 3.50. The van der Waals surface area contributed by atoms with Crippen LogP contribution in [0.4, 0.5) is 0 Å². The Balaban J connectivity index is 2.01. The molecule has 23 heavy (non-hydrogen) atoms. The smallest absolute Gasteiger partial charge is 0.148 e. The summed E-state index contributed by atoms with van der Waals surface area (Å²) in [5, 5.41) is 3.45. The minimum Gasteiger partial charge on any atom is -0.481 e. The van der Waals surface area contributed by atoms with Crippen LogP contribution in [0, 0.1) is 12.3 Å². The molecule has 0 aromatic heterocycles. The van der Waals surface area contributed by atoms with E-state index < -0.39 is 0 Å². The van der Waals surface area contributed by atoms with Crippen LogP contribution in [-0.4, -0.2) is 13.7 Å². The summed E-state index contributed by atoms with van der Waals surface area (Å²) in [6.07, 6.45) is 5.27. The van der Waals surface area contributed by atoms with Crippen LogP contribution < -0.4 is 10.1 Å². The second-order valence-corrected chi connectivity index (χ2v) is 5.97. The molecule has 2 aromatic carbocycles. The fourth-order valence-electron chi connectivity index (χ4n) is 2.30. The molecule has 0 radical (unpaired) electrons. The van der Waals surface area contributed by atoms with Crippen molar-refractivity contribution >= 4 is 15.9 Å². The van der Waals surface area contributed by atoms with Crippen molar-refractivity contribution in [2.45, 2.75) is 19.7 Å². The van der Waals surface area contributed by atoms with E-state index >= 15 is 0 Å². The van der Waals surface area contributed by atoms with Gasteiger partial charge in [-0.2, -0.15) is 0 Å². The van der Waals surface area contributed by atoms with Crippen molar-refractivity contribution in [3.05, 3.63) is 63.6 Å². The van der Waals surface area contributed by atoms with Crippen molar-refractivity contribution in [1.82, 2.24) is 5.32 Å². The van der Waals surface area contributed by atoms with Crippen LogP contribution in [-0.2, 0) is 24.4 Å². The van der Waals surface area contributed by atoms with Gasteiger partial charge in [-0.25, -0.2) is 0 Å². The molecular formula is C19H20BrNO2. The first-order valence-electron chi connectivity index (χ1n) is 7.35. The van der Waals surface area contributed by atoms with E-state index in [0.717, 1.165) is 22.3 Å². The highest BCUT2D eigenvalue weighted by molar-refractivity contribution is 9.10. The van der Waals surface area contributed by atoms with E-state index in [-0.39, 0.29) is 6.61 Å². The molecule has 0 spiro atoms. The Morgan fingerprint density at radius 1 is 1.09 bits per heavy atom. The van der Waals surface area contributed by atoms with Crippen molar-refractivity contribution in [2.75, 3.05) is 13.7 Å². The van der Waals surface area contributed by atoms with E-state index in [1.54, 1.807) is 7.11 Å². The van der Waals surface area contributed by atoms with Gasteiger partial charge in [0.05, 0.1) is 6.61 Å². The first-order chi connectivity index (χ1) is 11.2. The molecule has 3 nitrogen and oxygen atoms in total. The summed E-state index contributed by atoms with van der Waals surface area (Å²) in [6, 6.07) is 14.2. The zero-order chi connectivity index (χ0) is 16.5. The van der Waals surface area contributed by atoms with Gasteiger partial charge in [-0.15, -0.1) is 6.42 Å². The normalized spacial score (nSPS) is 10.3. The van der Waals surface area contributed by atoms with Crippen LogP contribution in [0.5, 0.6) is 5.75 Å². The monoisotopic (exact) mass is 373 g/mol. The van der Waals surface area contributed by atoms with Crippen LogP contribution in [0.3, 0.4) is 0 Å². The lowest BCUT2D eigenvalue weighted by molar-refractivity contribution is 0.184. The van der Waals surface area contributed by atoms with Gasteiger partial charge in [0.15, 0.2) is 0 Å². The van der Waals surface area contributed by atoms with E-state index in [2.05, 4.69) is 39.3 Å². The summed E-state index contributed by atoms with van der Waals surface area (Å²) >= 11 is 3.49. The van der Waals surface area contributed by atoms with Crippen LogP contribution >= 0.6 is 15.9 Å². The largest absolute Gasteiger partial charge is 0.481 e. The number of halogens is 1. The van der Waals surface area contributed by atoms with E-state index in [9.17, 15) is 0 Å². The molecule has 0 atom stereocenters. The highest BCUT2D eigenvalue weighted by Crippen LogP contribution is 2.23. The number of nitrogens with one attached hydrogen (secondary N) is 1. The fraction of sp³-hybridized carbons (Fsp3) is 0.263. The molecule has 0 saturated carbocycles. The molecule has 0 fully saturated rings. The van der Waals surface area contributed by atoms with Crippen molar-refractivity contribution in [3.63, 3.8) is 0 Å². The third-order valence-corrected chi connectivity index (χ3v) is 3.88. The average molecular weight is 374 g/mol. The predicted octanol–water partition coefficient (Wildman–Crippen LogP) is 3.90. The van der Waals surface area contributed by atoms with E-state index in [1.807, 2.05) is 30.3 Å². The topological polar surface area (TPSA) is 30.5 Å². The first kappa shape index (κ1) is 17.6. The summed E-state index contributed by atoms with van der Waals surface area (Å²) in [6.45, 7) is 2.35. The minimum absolute atomic E-state index is 0.269. The summed E-state index contributed by atoms with van der Waals surface area (Å²) in [7, 11) is 1.71. The summed E-state index contributed by atoms with van der Waals surface area (Å²) in [4.78, 5) is 0. The molecule has 1 N–H and O–H groups in total. The van der Waals surface area contributed by atoms with Gasteiger partial charge in [0.25, 0.3) is 0 Å². The zero-order valence-corrected chi connectivity index (χ0v) is 14.7. The maximum absolute atomic E-state index is 5.59. The molecule has 0 aliphatic rings. The third kappa shape index (κ3) is 5.40. The number of benzene rings is 2. The van der Waals surface area contributed by atoms with Gasteiger partial charge in [-0.05, 0) is 29.3 Å². The van der Waals surface area contributed by atoms with Gasteiger partial charge < -0.3 is 14.8 Å². The van der Waals surface area contributed by atoms with Gasteiger partial charge in [0.1, 0.15) is 12.4 Å². The van der Waals surface area contributed by atoms with Gasteiger partial charge in [0, 0.05) is 30.2 Å². The van der Waals surface area contributed by atoms with Gasteiger partial charge in [0.2, 0.25) is 0 Å². The third-order valence-electron chi connectivity index (χ3n) is 3.38. The SMILES string of the molecule is C#CCOc1ccc(Br)cc1CNCc1ccccc1COC. The van der Waals surface area contributed by atoms with Crippen molar-refractivity contribution in [2.24, 2.45) is 0 Å². The maximum Gasteiger partial charge on any atom is 0.148 e. The van der Waals surface area contributed by atoms with E-state index in [0.29, 0.717) is 13.2 Å². The average Bonchev–Trinajstić information content (AvgIpc) is 2.56. The molecule has 0 aliphatic heterocycles. The molecule has 0 saturated heterocycles. The second kappa shape index (κ2) is 9.36. The van der Waals surface area contributed by atoms with Crippen molar-refractivity contribution in [3.8, 4) is 18.1 Å². The second-order valence-electron chi connectivity index (χ2n) is 5.05. The maximum atomic E-state index is 5.59. The van der Waals surface area contributed by atoms with Crippen LogP contribution in [0.15, 0.2) is 46.9 Å². The number of hydrogen-bond acceptors (Lipinski definition) is 3. The molecule has 0 unspecified atom stereocenters. The van der Waals surface area contributed by atoms with Gasteiger partial charge in [-0.1, -0.05) is 46.1 Å². The van der Waals surface area contributed by atoms with Crippen LogP contribution in [0.2, 0.25) is 0 Å². The summed E-state index contributed by atoms with van der Waals surface area (Å²) in [5.74, 6) is 3.30. The molecule has 120 valence electrons. The Morgan fingerprint density at radius 3 is 2.57 bits per heavy atom. The molecule has 0 heterocycles. The number of hydrogen-bond donors (Lipinski definition) is 1. The van der Waals surface area contributed by atoms with E-state index in [4.69, 9.17) is 15.9 Å². The lowest BCUT2D eigenvalue weighted by atomic mass is 10.1. The Labute approximate surface area is 146 Å². The van der Waals surface area contributed by atoms with Crippen molar-refractivity contribution in [1.29, 1.82) is 0 Å². The van der Waals surface area contributed by atoms with Gasteiger partial charge in [-0.3, -0.25) is 0 Å². The molecule has 0 amide bonds. The first-order valence-corrected chi connectivity index (χ1v) is 8.15. The lowest BCUT2D eigenvalue weighted by Gasteiger charge is -2.13. The van der Waals surface area contributed by atoms with Crippen LogP contribution in [0.1, 0.15) is 16.7 Å². The molecule has 2 aromatic rings. The standard InChI is InChI=1S/C19H20BrNO2/c1-3-10-23-19-9-8-18(20)11-17(19)13-21-12-15-6-4-5-7-16(15)14-22-2/h1,4-9,11,21H,10,12-14H2,2H3. The Kier molecular flexibility index (Phi) is 7.15. The number of methoxy groups -OCH3 is 1. The molecule has 4 heteroatoms. The Morgan fingerprint density at radius 2 is 1.83 bits per heavy atom. The molecule has 0 bridgehead atoms. The summed E-state index contributed by atoms with van der Waals surface area (Å²) < 4.78 is 11.8. The van der Waals surface area contributed by atoms with Gasteiger partial charge >= 0.3 is 0 Å². The Hall–Kier alpha value is -1.80.